The molecule has 0 aromatic rings. The summed E-state index contributed by atoms with van der Waals surface area (Å²) in [6, 6.07) is -0.585. The van der Waals surface area contributed by atoms with Gasteiger partial charge < -0.3 is 5.73 Å². The number of hydrogen-bond donors (Lipinski definition) is 3. The van der Waals surface area contributed by atoms with E-state index in [-0.39, 0.29) is 0 Å². The topological polar surface area (TPSA) is 79.5 Å². The second-order valence-electron chi connectivity index (χ2n) is 2.40. The molecule has 0 fully saturated rings. The van der Waals surface area contributed by atoms with E-state index in [2.05, 4.69) is 15.8 Å². The lowest BCUT2D eigenvalue weighted by Gasteiger charge is -2.12. The Morgan fingerprint density at radius 3 is 2.91 bits per heavy atom. The number of nitrogens with zero attached hydrogens (tertiary/aromatic N) is 1. The number of rotatable bonds is 0. The lowest BCUT2D eigenvalue weighted by Crippen LogP contribution is -2.45. The molecule has 0 atom stereocenters. The van der Waals surface area contributed by atoms with E-state index in [9.17, 15) is 4.79 Å². The largest absolute Gasteiger partial charge is 0.350 e. The zero-order valence-electron chi connectivity index (χ0n) is 6.26. The Labute approximate surface area is 65.0 Å². The molecule has 0 aliphatic carbocycles. The number of aliphatic imine (C=N–C) groups is 1. The minimum absolute atomic E-state index is 0.585. The maximum Gasteiger partial charge on any atom is 0.330 e. The van der Waals surface area contributed by atoms with Crippen molar-refractivity contribution in [3.8, 4) is 0 Å². The molecule has 5 nitrogen and oxygen atoms in total. The number of hydrazine groups is 1. The molecular formula is C6H12N4O. The first-order valence-corrected chi connectivity index (χ1v) is 3.64. The van der Waals surface area contributed by atoms with Gasteiger partial charge in [-0.1, -0.05) is 0 Å². The van der Waals surface area contributed by atoms with Crippen LogP contribution in [0.2, 0.25) is 0 Å². The van der Waals surface area contributed by atoms with Crippen LogP contribution < -0.4 is 16.6 Å². The highest BCUT2D eigenvalue weighted by Crippen LogP contribution is 2.02. The van der Waals surface area contributed by atoms with Gasteiger partial charge in [0.2, 0.25) is 0 Å². The fraction of sp³-hybridized carbons (Fsp3) is 0.667. The number of carbonyl (C=O) groups is 1. The van der Waals surface area contributed by atoms with Crippen molar-refractivity contribution in [3.05, 3.63) is 0 Å². The fourth-order valence-electron chi connectivity index (χ4n) is 0.933. The van der Waals surface area contributed by atoms with Gasteiger partial charge in [0.25, 0.3) is 0 Å². The van der Waals surface area contributed by atoms with E-state index in [1.54, 1.807) is 0 Å². The summed E-state index contributed by atoms with van der Waals surface area (Å²) in [5.41, 5.74) is 9.76. The van der Waals surface area contributed by atoms with Gasteiger partial charge in [-0.25, -0.2) is 4.79 Å². The molecule has 4 N–H and O–H groups in total. The standard InChI is InChI=1S/C6H12N4O/c7-6(11)10-9-5-3-1-2-4-8-5/h1-4H2,(H,8,9)(H3,7,10,11). The lowest BCUT2D eigenvalue weighted by molar-refractivity contribution is 0.247. The molecule has 62 valence electrons. The van der Waals surface area contributed by atoms with Gasteiger partial charge in [-0.15, -0.1) is 0 Å². The summed E-state index contributed by atoms with van der Waals surface area (Å²) in [6.07, 6.45) is 3.13. The Morgan fingerprint density at radius 1 is 1.55 bits per heavy atom. The van der Waals surface area contributed by atoms with Gasteiger partial charge in [-0.05, 0) is 12.8 Å². The van der Waals surface area contributed by atoms with Crippen molar-refractivity contribution in [1.82, 2.24) is 10.9 Å². The van der Waals surface area contributed by atoms with Gasteiger partial charge in [0, 0.05) is 13.0 Å². The number of urea groups is 1. The van der Waals surface area contributed by atoms with Crippen molar-refractivity contribution in [2.45, 2.75) is 19.3 Å². The summed E-state index contributed by atoms with van der Waals surface area (Å²) in [4.78, 5) is 14.4. The highest BCUT2D eigenvalue weighted by molar-refractivity contribution is 5.85. The molecule has 0 aromatic heterocycles. The van der Waals surface area contributed by atoms with E-state index in [0.717, 1.165) is 31.6 Å². The molecule has 1 rings (SSSR count). The Balaban J connectivity index is 2.24. The summed E-state index contributed by atoms with van der Waals surface area (Å²) in [5.74, 6) is 0.815. The number of carbonyl (C=O) groups excluding carboxylic acids is 1. The van der Waals surface area contributed by atoms with E-state index >= 15 is 0 Å². The number of primary amides is 1. The van der Waals surface area contributed by atoms with E-state index in [1.165, 1.54) is 0 Å². The zero-order valence-corrected chi connectivity index (χ0v) is 6.26. The van der Waals surface area contributed by atoms with Crippen LogP contribution in [0.1, 0.15) is 19.3 Å². The molecule has 0 spiro atoms. The Hall–Kier alpha value is -1.26. The number of nitrogens with two attached hydrogens (primary N) is 1. The van der Waals surface area contributed by atoms with Gasteiger partial charge in [-0.2, -0.15) is 0 Å². The number of amides is 2. The van der Waals surface area contributed by atoms with Crippen molar-refractivity contribution in [2.75, 3.05) is 6.54 Å². The van der Waals surface area contributed by atoms with Crippen LogP contribution in [0, 0.1) is 0 Å². The first-order chi connectivity index (χ1) is 5.29. The van der Waals surface area contributed by atoms with Gasteiger partial charge in [0.05, 0.1) is 0 Å². The van der Waals surface area contributed by atoms with E-state index in [1.807, 2.05) is 0 Å². The van der Waals surface area contributed by atoms with Crippen molar-refractivity contribution < 1.29 is 4.79 Å². The third kappa shape index (κ3) is 2.88. The second-order valence-corrected chi connectivity index (χ2v) is 2.40. The molecule has 0 bridgehead atoms. The van der Waals surface area contributed by atoms with Crippen LogP contribution >= 0.6 is 0 Å². The Bertz CT molecular complexity index is 177. The van der Waals surface area contributed by atoms with Crippen molar-refractivity contribution in [2.24, 2.45) is 10.7 Å². The molecule has 0 unspecified atom stereocenters. The van der Waals surface area contributed by atoms with Crippen molar-refractivity contribution in [1.29, 1.82) is 0 Å². The molecule has 1 aliphatic rings. The number of nitrogens with one attached hydrogen (secondary N) is 2. The van der Waals surface area contributed by atoms with Gasteiger partial charge >= 0.3 is 6.03 Å². The molecule has 0 radical (unpaired) electrons. The Kier molecular flexibility index (Phi) is 2.71. The first-order valence-electron chi connectivity index (χ1n) is 3.64. The van der Waals surface area contributed by atoms with Gasteiger partial charge in [0.1, 0.15) is 5.84 Å². The summed E-state index contributed by atoms with van der Waals surface area (Å²) in [5, 5.41) is 0. The minimum atomic E-state index is -0.585. The molecule has 5 heteroatoms. The smallest absolute Gasteiger partial charge is 0.330 e. The molecule has 1 heterocycles. The van der Waals surface area contributed by atoms with E-state index in [4.69, 9.17) is 5.73 Å². The zero-order chi connectivity index (χ0) is 8.10. The summed E-state index contributed by atoms with van der Waals surface area (Å²) in [6.45, 7) is 0.836. The van der Waals surface area contributed by atoms with Crippen molar-refractivity contribution >= 4 is 11.9 Å². The minimum Gasteiger partial charge on any atom is -0.350 e. The van der Waals surface area contributed by atoms with Crippen LogP contribution in [-0.2, 0) is 0 Å². The first kappa shape index (κ1) is 7.84. The maximum absolute atomic E-state index is 10.2. The van der Waals surface area contributed by atoms with Crippen LogP contribution in [0.5, 0.6) is 0 Å². The van der Waals surface area contributed by atoms with Crippen molar-refractivity contribution in [3.63, 3.8) is 0 Å². The third-order valence-electron chi connectivity index (χ3n) is 1.45. The monoisotopic (exact) mass is 156 g/mol. The maximum atomic E-state index is 10.2. The van der Waals surface area contributed by atoms with Crippen LogP contribution in [0.3, 0.4) is 0 Å². The molecule has 0 aromatic carbocycles. The summed E-state index contributed by atoms with van der Waals surface area (Å²) in [7, 11) is 0. The molecule has 11 heavy (non-hydrogen) atoms. The number of hydrogen-bond acceptors (Lipinski definition) is 3. The SMILES string of the molecule is NC(=O)NNC1=NCCCC1. The summed E-state index contributed by atoms with van der Waals surface area (Å²) < 4.78 is 0. The molecule has 0 saturated heterocycles. The Morgan fingerprint density at radius 2 is 2.36 bits per heavy atom. The average molecular weight is 156 g/mol. The molecular weight excluding hydrogens is 144 g/mol. The normalized spacial score (nSPS) is 16.9. The average Bonchev–Trinajstić information content (AvgIpc) is 2.03. The lowest BCUT2D eigenvalue weighted by atomic mass is 10.2. The van der Waals surface area contributed by atoms with Crippen LogP contribution in [0.4, 0.5) is 4.79 Å². The fourth-order valence-corrected chi connectivity index (χ4v) is 0.933. The second kappa shape index (κ2) is 3.80. The summed E-state index contributed by atoms with van der Waals surface area (Å²) >= 11 is 0. The molecule has 1 aliphatic heterocycles. The highest BCUT2D eigenvalue weighted by Gasteiger charge is 2.03. The highest BCUT2D eigenvalue weighted by atomic mass is 16.2. The third-order valence-corrected chi connectivity index (χ3v) is 1.45. The van der Waals surface area contributed by atoms with Crippen LogP contribution in [0.25, 0.3) is 0 Å². The molecule has 2 amide bonds. The number of amidine groups is 1. The van der Waals surface area contributed by atoms with E-state index < -0.39 is 6.03 Å². The van der Waals surface area contributed by atoms with Crippen LogP contribution in [-0.4, -0.2) is 18.4 Å². The predicted octanol–water partition coefficient (Wildman–Crippen LogP) is -0.258. The van der Waals surface area contributed by atoms with Crippen LogP contribution in [0.15, 0.2) is 4.99 Å². The van der Waals surface area contributed by atoms with E-state index in [0.29, 0.717) is 0 Å². The quantitative estimate of drug-likeness (QED) is 0.422. The molecule has 0 saturated carbocycles. The van der Waals surface area contributed by atoms with Gasteiger partial charge in [0.15, 0.2) is 0 Å². The van der Waals surface area contributed by atoms with Gasteiger partial charge in [-0.3, -0.25) is 15.8 Å². The predicted molar refractivity (Wildman–Crippen MR) is 42.0 cm³/mol.